The van der Waals surface area contributed by atoms with Crippen LogP contribution in [0.3, 0.4) is 0 Å². The van der Waals surface area contributed by atoms with Crippen molar-refractivity contribution in [2.75, 3.05) is 0 Å². The Bertz CT molecular complexity index is 1440. The first-order chi connectivity index (χ1) is 15.4. The number of nitrogens with one attached hydrogen (secondary N) is 1. The molecule has 5 aromatic rings. The largest absolute Gasteiger partial charge is 0.359 e. The van der Waals surface area contributed by atoms with Crippen LogP contribution in [0.5, 0.6) is 0 Å². The van der Waals surface area contributed by atoms with E-state index in [1.54, 1.807) is 6.07 Å². The lowest BCUT2D eigenvalue weighted by Crippen LogP contribution is -2.22. The zero-order chi connectivity index (χ0) is 22.3. The second-order valence-corrected chi connectivity index (χ2v) is 8.16. The lowest BCUT2D eigenvalue weighted by atomic mass is 9.84. The number of benzene rings is 1. The summed E-state index contributed by atoms with van der Waals surface area (Å²) in [7, 11) is 0. The number of pyridine rings is 3. The summed E-state index contributed by atoms with van der Waals surface area (Å²) >= 11 is 0. The average Bonchev–Trinajstić information content (AvgIpc) is 3.23. The van der Waals surface area contributed by atoms with Crippen molar-refractivity contribution in [3.05, 3.63) is 102 Å². The Balaban J connectivity index is 1.56. The Hall–Kier alpha value is -3.93. The number of H-pyrrole nitrogens is 1. The SMILES string of the molecule is CC(C)(c1cccc(-c2ccc(F)nc2F)n1)c1cccc(-c2[nH]cc3ccccc23)n1. The molecule has 0 unspecified atom stereocenters. The van der Waals surface area contributed by atoms with Gasteiger partial charge in [-0.25, -0.2) is 0 Å². The van der Waals surface area contributed by atoms with Gasteiger partial charge in [0.1, 0.15) is 0 Å². The van der Waals surface area contributed by atoms with Crippen molar-refractivity contribution in [1.82, 2.24) is 19.9 Å². The van der Waals surface area contributed by atoms with Gasteiger partial charge in [-0.2, -0.15) is 13.8 Å². The van der Waals surface area contributed by atoms with E-state index >= 15 is 0 Å². The predicted octanol–water partition coefficient (Wildman–Crippen LogP) is 6.29. The number of fused-ring (bicyclic) bond motifs is 1. The molecule has 1 aromatic carbocycles. The Morgan fingerprint density at radius 1 is 0.719 bits per heavy atom. The van der Waals surface area contributed by atoms with Crippen molar-refractivity contribution in [2.24, 2.45) is 0 Å². The summed E-state index contributed by atoms with van der Waals surface area (Å²) in [5, 5.41) is 2.23. The zero-order valence-corrected chi connectivity index (χ0v) is 17.6. The zero-order valence-electron chi connectivity index (χ0n) is 17.6. The van der Waals surface area contributed by atoms with E-state index in [9.17, 15) is 8.78 Å². The van der Waals surface area contributed by atoms with Gasteiger partial charge in [0.15, 0.2) is 0 Å². The number of rotatable bonds is 4. The molecule has 0 saturated carbocycles. The van der Waals surface area contributed by atoms with Gasteiger partial charge in [0.25, 0.3) is 0 Å². The molecule has 4 aromatic heterocycles. The van der Waals surface area contributed by atoms with E-state index < -0.39 is 17.3 Å². The van der Waals surface area contributed by atoms with E-state index in [-0.39, 0.29) is 5.56 Å². The molecule has 5 rings (SSSR count). The Morgan fingerprint density at radius 3 is 2.16 bits per heavy atom. The van der Waals surface area contributed by atoms with Crippen LogP contribution in [0.4, 0.5) is 8.78 Å². The maximum absolute atomic E-state index is 14.2. The predicted molar refractivity (Wildman–Crippen MR) is 121 cm³/mol. The maximum Gasteiger partial charge on any atom is 0.224 e. The molecule has 4 nitrogen and oxygen atoms in total. The molecule has 0 aliphatic heterocycles. The van der Waals surface area contributed by atoms with E-state index in [0.29, 0.717) is 5.69 Å². The summed E-state index contributed by atoms with van der Waals surface area (Å²) in [6.45, 7) is 4.05. The van der Waals surface area contributed by atoms with Gasteiger partial charge < -0.3 is 4.98 Å². The van der Waals surface area contributed by atoms with Gasteiger partial charge in [-0.05, 0) is 55.6 Å². The molecule has 1 N–H and O–H groups in total. The quantitative estimate of drug-likeness (QED) is 0.344. The van der Waals surface area contributed by atoms with E-state index in [2.05, 4.69) is 27.1 Å². The summed E-state index contributed by atoms with van der Waals surface area (Å²) in [5.41, 5.74) is 3.34. The number of nitrogens with zero attached hydrogens (tertiary/aromatic N) is 3. The smallest absolute Gasteiger partial charge is 0.224 e. The Kier molecular flexibility index (Phi) is 4.78. The topological polar surface area (TPSA) is 54.5 Å². The first-order valence-corrected chi connectivity index (χ1v) is 10.3. The Labute approximate surface area is 184 Å². The summed E-state index contributed by atoms with van der Waals surface area (Å²) in [6.07, 6.45) is 1.97. The molecule has 6 heteroatoms. The fourth-order valence-corrected chi connectivity index (χ4v) is 3.88. The maximum atomic E-state index is 14.2. The third kappa shape index (κ3) is 3.43. The fourth-order valence-electron chi connectivity index (χ4n) is 3.88. The van der Waals surface area contributed by atoms with Crippen molar-refractivity contribution in [3.8, 4) is 22.6 Å². The summed E-state index contributed by atoms with van der Waals surface area (Å²) in [5.74, 6) is -1.74. The molecule has 0 saturated heterocycles. The number of hydrogen-bond acceptors (Lipinski definition) is 3. The molecule has 0 radical (unpaired) electrons. The first kappa shape index (κ1) is 20.0. The van der Waals surface area contributed by atoms with E-state index in [4.69, 9.17) is 4.98 Å². The highest BCUT2D eigenvalue weighted by Crippen LogP contribution is 2.33. The van der Waals surface area contributed by atoms with Gasteiger partial charge in [-0.1, -0.05) is 36.4 Å². The van der Waals surface area contributed by atoms with E-state index in [0.717, 1.165) is 39.6 Å². The van der Waals surface area contributed by atoms with Gasteiger partial charge >= 0.3 is 0 Å². The highest BCUT2D eigenvalue weighted by Gasteiger charge is 2.27. The molecule has 0 atom stereocenters. The second kappa shape index (κ2) is 7.64. The van der Waals surface area contributed by atoms with Crippen LogP contribution in [-0.4, -0.2) is 19.9 Å². The lowest BCUT2D eigenvalue weighted by molar-refractivity contribution is 0.514. The Morgan fingerprint density at radius 2 is 1.41 bits per heavy atom. The van der Waals surface area contributed by atoms with Crippen molar-refractivity contribution in [1.29, 1.82) is 0 Å². The molecule has 0 bridgehead atoms. The molecule has 158 valence electrons. The molecular formula is C26H20F2N4. The van der Waals surface area contributed by atoms with Crippen molar-refractivity contribution >= 4 is 10.8 Å². The van der Waals surface area contributed by atoms with Gasteiger partial charge in [0.2, 0.25) is 11.9 Å². The molecule has 0 fully saturated rings. The van der Waals surface area contributed by atoms with Crippen LogP contribution in [0.2, 0.25) is 0 Å². The lowest BCUT2D eigenvalue weighted by Gasteiger charge is -2.24. The van der Waals surface area contributed by atoms with Crippen LogP contribution in [0.15, 0.2) is 79.0 Å². The monoisotopic (exact) mass is 426 g/mol. The minimum atomic E-state index is -0.883. The number of aromatic nitrogens is 4. The minimum Gasteiger partial charge on any atom is -0.359 e. The van der Waals surface area contributed by atoms with Crippen LogP contribution in [0.1, 0.15) is 25.2 Å². The summed E-state index contributed by atoms with van der Waals surface area (Å²) < 4.78 is 27.4. The van der Waals surface area contributed by atoms with Crippen molar-refractivity contribution in [2.45, 2.75) is 19.3 Å². The summed E-state index contributed by atoms with van der Waals surface area (Å²) in [4.78, 5) is 16.2. The fraction of sp³-hybridized carbons (Fsp3) is 0.115. The van der Waals surface area contributed by atoms with Gasteiger partial charge in [-0.15, -0.1) is 0 Å². The molecule has 0 amide bonds. The molecule has 0 aliphatic carbocycles. The first-order valence-electron chi connectivity index (χ1n) is 10.3. The highest BCUT2D eigenvalue weighted by atomic mass is 19.1. The highest BCUT2D eigenvalue weighted by molar-refractivity contribution is 5.94. The number of hydrogen-bond donors (Lipinski definition) is 1. The normalized spacial score (nSPS) is 11.8. The van der Waals surface area contributed by atoms with Crippen molar-refractivity contribution < 1.29 is 8.78 Å². The molecule has 0 spiro atoms. The third-order valence-corrected chi connectivity index (χ3v) is 5.73. The standard InChI is InChI=1S/C26H20F2N4/c1-26(2,21-11-5-9-19(30-21)18-13-14-23(27)32-25(18)28)22-12-6-10-20(31-22)24-17-8-4-3-7-16(17)15-29-24/h3-15,29H,1-2H3. The summed E-state index contributed by atoms with van der Waals surface area (Å²) in [6, 6.07) is 21.9. The molecule has 0 aliphatic rings. The van der Waals surface area contributed by atoms with Gasteiger partial charge in [-0.3, -0.25) is 9.97 Å². The number of halogens is 2. The average molecular weight is 426 g/mol. The van der Waals surface area contributed by atoms with Crippen LogP contribution in [-0.2, 0) is 5.41 Å². The third-order valence-electron chi connectivity index (χ3n) is 5.73. The van der Waals surface area contributed by atoms with Crippen LogP contribution < -0.4 is 0 Å². The molecule has 32 heavy (non-hydrogen) atoms. The molecular weight excluding hydrogens is 406 g/mol. The van der Waals surface area contributed by atoms with Gasteiger partial charge in [0, 0.05) is 17.0 Å². The van der Waals surface area contributed by atoms with E-state index in [1.165, 1.54) is 6.07 Å². The van der Waals surface area contributed by atoms with E-state index in [1.807, 2.05) is 62.5 Å². The second-order valence-electron chi connectivity index (χ2n) is 8.16. The van der Waals surface area contributed by atoms with Crippen LogP contribution in [0, 0.1) is 11.9 Å². The molecule has 4 heterocycles. The van der Waals surface area contributed by atoms with Crippen LogP contribution in [0.25, 0.3) is 33.4 Å². The van der Waals surface area contributed by atoms with Crippen molar-refractivity contribution in [3.63, 3.8) is 0 Å². The van der Waals surface area contributed by atoms with Crippen LogP contribution >= 0.6 is 0 Å². The van der Waals surface area contributed by atoms with Gasteiger partial charge in [0.05, 0.1) is 34.0 Å². The minimum absolute atomic E-state index is 0.156. The number of aromatic amines is 1.